The Morgan fingerprint density at radius 3 is 2.49 bits per heavy atom. The summed E-state index contributed by atoms with van der Waals surface area (Å²) in [5.41, 5.74) is -0.0214. The molecule has 0 saturated carbocycles. The van der Waals surface area contributed by atoms with Gasteiger partial charge < -0.3 is 24.4 Å². The van der Waals surface area contributed by atoms with Gasteiger partial charge in [-0.05, 0) is 94.7 Å². The number of benzene rings is 1. The van der Waals surface area contributed by atoms with Crippen molar-refractivity contribution in [1.29, 1.82) is 0 Å². The molecule has 41 heavy (non-hydrogen) atoms. The number of hydrogen-bond donors (Lipinski definition) is 2. The van der Waals surface area contributed by atoms with Crippen LogP contribution >= 0.6 is 11.8 Å². The van der Waals surface area contributed by atoms with Gasteiger partial charge in [0.1, 0.15) is 6.10 Å². The summed E-state index contributed by atoms with van der Waals surface area (Å²) in [5, 5.41) is 21.8. The average Bonchev–Trinajstić information content (AvgIpc) is 3.50. The Hall–Kier alpha value is -2.07. The standard InChI is InChI=1S/C32H45NO7S/c1-20-17-31-11-8-13-33(31)14-9-21-15-23-24(39-19-38-23)16-22(21)26(31)27(20)40-28(35)32(37,12-7-10-30(5,6)36)18-25(34)41-29(2,3)4/h15-17,26-27,36-37H,7-14,18-19H2,1-6H3/t26-,27?,31-,32-/m1/s1. The first kappa shape index (κ1) is 30.4. The third-order valence-corrected chi connectivity index (χ3v) is 9.82. The largest absolute Gasteiger partial charge is 0.455 e. The van der Waals surface area contributed by atoms with Crippen LogP contribution in [0.25, 0.3) is 0 Å². The first-order valence-corrected chi connectivity index (χ1v) is 15.7. The lowest BCUT2D eigenvalue weighted by atomic mass is 9.77. The molecule has 1 saturated heterocycles. The number of fused-ring (bicyclic) bond motifs is 3. The van der Waals surface area contributed by atoms with E-state index in [4.69, 9.17) is 14.2 Å². The number of thioether (sulfide) groups is 1. The Labute approximate surface area is 247 Å². The van der Waals surface area contributed by atoms with Crippen molar-refractivity contribution in [3.8, 4) is 11.5 Å². The second kappa shape index (κ2) is 10.9. The van der Waals surface area contributed by atoms with Crippen molar-refractivity contribution in [2.75, 3.05) is 19.9 Å². The molecule has 2 N–H and O–H groups in total. The summed E-state index contributed by atoms with van der Waals surface area (Å²) < 4.78 is 17.4. The van der Waals surface area contributed by atoms with Gasteiger partial charge in [-0.3, -0.25) is 9.69 Å². The molecular weight excluding hydrogens is 542 g/mol. The van der Waals surface area contributed by atoms with Crippen LogP contribution < -0.4 is 9.47 Å². The summed E-state index contributed by atoms with van der Waals surface area (Å²) in [6.07, 6.45) is 4.99. The highest BCUT2D eigenvalue weighted by atomic mass is 32.2. The fourth-order valence-corrected chi connectivity index (χ4v) is 8.11. The molecule has 4 atom stereocenters. The Kier molecular flexibility index (Phi) is 8.07. The fraction of sp³-hybridized carbons (Fsp3) is 0.688. The summed E-state index contributed by atoms with van der Waals surface area (Å²) in [4.78, 5) is 29.5. The lowest BCUT2D eigenvalue weighted by Crippen LogP contribution is -2.49. The monoisotopic (exact) mass is 587 g/mol. The molecule has 226 valence electrons. The summed E-state index contributed by atoms with van der Waals surface area (Å²) in [6, 6.07) is 4.12. The Morgan fingerprint density at radius 2 is 1.80 bits per heavy atom. The minimum Gasteiger partial charge on any atom is -0.455 e. The van der Waals surface area contributed by atoms with E-state index in [1.54, 1.807) is 13.8 Å². The molecule has 1 aliphatic carbocycles. The highest BCUT2D eigenvalue weighted by Gasteiger charge is 2.57. The molecule has 0 bridgehead atoms. The molecular formula is C32H45NO7S. The molecule has 8 nitrogen and oxygen atoms in total. The smallest absolute Gasteiger partial charge is 0.339 e. The van der Waals surface area contributed by atoms with Gasteiger partial charge in [-0.2, -0.15) is 0 Å². The number of carbonyl (C=O) groups is 2. The molecule has 0 amide bonds. The van der Waals surface area contributed by atoms with E-state index in [2.05, 4.69) is 23.1 Å². The minimum atomic E-state index is -1.99. The van der Waals surface area contributed by atoms with Crippen LogP contribution in [-0.4, -0.2) is 73.7 Å². The van der Waals surface area contributed by atoms with E-state index in [1.807, 2.05) is 27.7 Å². The van der Waals surface area contributed by atoms with Crippen LogP contribution in [0.3, 0.4) is 0 Å². The van der Waals surface area contributed by atoms with E-state index in [9.17, 15) is 19.8 Å². The minimum absolute atomic E-state index is 0.0267. The average molecular weight is 588 g/mol. The van der Waals surface area contributed by atoms with Crippen LogP contribution in [0.15, 0.2) is 23.8 Å². The quantitative estimate of drug-likeness (QED) is 0.325. The predicted octanol–water partition coefficient (Wildman–Crippen LogP) is 4.88. The highest BCUT2D eigenvalue weighted by Crippen LogP contribution is 2.55. The van der Waals surface area contributed by atoms with Gasteiger partial charge in [-0.25, -0.2) is 4.79 Å². The van der Waals surface area contributed by atoms with E-state index in [-0.39, 0.29) is 41.0 Å². The summed E-state index contributed by atoms with van der Waals surface area (Å²) in [5.74, 6) is 0.503. The topological polar surface area (TPSA) is 106 Å². The molecule has 4 aliphatic rings. The zero-order chi connectivity index (χ0) is 29.8. The number of rotatable bonds is 8. The van der Waals surface area contributed by atoms with Crippen molar-refractivity contribution in [2.45, 2.75) is 120 Å². The highest BCUT2D eigenvalue weighted by molar-refractivity contribution is 8.14. The second-order valence-corrected chi connectivity index (χ2v) is 15.8. The lowest BCUT2D eigenvalue weighted by Gasteiger charge is -2.40. The van der Waals surface area contributed by atoms with Crippen molar-refractivity contribution in [1.82, 2.24) is 4.90 Å². The van der Waals surface area contributed by atoms with Gasteiger partial charge >= 0.3 is 5.97 Å². The van der Waals surface area contributed by atoms with E-state index in [1.165, 1.54) is 0 Å². The number of hydrogen-bond acceptors (Lipinski definition) is 9. The predicted molar refractivity (Wildman–Crippen MR) is 158 cm³/mol. The normalized spacial score (nSPS) is 26.9. The molecule has 3 aliphatic heterocycles. The lowest BCUT2D eigenvalue weighted by molar-refractivity contribution is -0.173. The SMILES string of the molecule is CC1=C[C@@]23CCCN2CCc2cc4c(cc2[C@@H]3C1OC(=O)[C@@](O)(CCCC(C)(C)O)CC(=O)SC(C)(C)C)OCO4. The second-order valence-electron chi connectivity index (χ2n) is 13.9. The maximum Gasteiger partial charge on any atom is 0.339 e. The van der Waals surface area contributed by atoms with Crippen LogP contribution in [0.2, 0.25) is 0 Å². The van der Waals surface area contributed by atoms with Gasteiger partial charge in [0, 0.05) is 17.2 Å². The van der Waals surface area contributed by atoms with E-state index >= 15 is 0 Å². The summed E-state index contributed by atoms with van der Waals surface area (Å²) in [7, 11) is 0. The molecule has 5 rings (SSSR count). The third-order valence-electron chi connectivity index (χ3n) is 8.83. The van der Waals surface area contributed by atoms with E-state index in [0.717, 1.165) is 66.6 Å². The van der Waals surface area contributed by atoms with Gasteiger partial charge in [-0.15, -0.1) is 0 Å². The molecule has 9 heteroatoms. The Morgan fingerprint density at radius 1 is 1.10 bits per heavy atom. The zero-order valence-electron chi connectivity index (χ0n) is 25.2. The fourth-order valence-electron chi connectivity index (χ4n) is 7.12. The molecule has 0 aromatic heterocycles. The number of carbonyl (C=O) groups excluding carboxylic acids is 2. The zero-order valence-corrected chi connectivity index (χ0v) is 26.1. The number of nitrogens with zero attached hydrogens (tertiary/aromatic N) is 1. The van der Waals surface area contributed by atoms with Crippen LogP contribution in [0, 0.1) is 0 Å². The molecule has 1 unspecified atom stereocenters. The van der Waals surface area contributed by atoms with Crippen LogP contribution in [0.1, 0.15) is 97.1 Å². The summed E-state index contributed by atoms with van der Waals surface area (Å²) in [6.45, 7) is 13.2. The van der Waals surface area contributed by atoms with Crippen molar-refractivity contribution in [3.05, 3.63) is 34.9 Å². The first-order valence-electron chi connectivity index (χ1n) is 14.8. The van der Waals surface area contributed by atoms with Crippen molar-refractivity contribution in [3.63, 3.8) is 0 Å². The van der Waals surface area contributed by atoms with Gasteiger partial charge in [0.05, 0.1) is 17.6 Å². The number of aliphatic hydroxyl groups is 2. The van der Waals surface area contributed by atoms with Crippen molar-refractivity contribution in [2.24, 2.45) is 0 Å². The molecule has 1 aromatic carbocycles. The van der Waals surface area contributed by atoms with Gasteiger partial charge in [0.25, 0.3) is 0 Å². The molecule has 3 heterocycles. The third kappa shape index (κ3) is 6.19. The van der Waals surface area contributed by atoms with Crippen molar-refractivity contribution >= 4 is 22.8 Å². The van der Waals surface area contributed by atoms with Crippen molar-refractivity contribution < 1.29 is 34.0 Å². The maximum atomic E-state index is 14.0. The van der Waals surface area contributed by atoms with Gasteiger partial charge in [0.2, 0.25) is 6.79 Å². The Balaban J connectivity index is 1.46. The van der Waals surface area contributed by atoms with E-state index < -0.39 is 23.3 Å². The number of ether oxygens (including phenoxy) is 3. The van der Waals surface area contributed by atoms with Gasteiger partial charge in [-0.1, -0.05) is 38.6 Å². The summed E-state index contributed by atoms with van der Waals surface area (Å²) >= 11 is 1.12. The van der Waals surface area contributed by atoms with Crippen LogP contribution in [-0.2, 0) is 20.7 Å². The maximum absolute atomic E-state index is 14.0. The van der Waals surface area contributed by atoms with Crippen LogP contribution in [0.4, 0.5) is 0 Å². The molecule has 1 spiro atoms. The Bertz CT molecular complexity index is 1230. The molecule has 1 aromatic rings. The van der Waals surface area contributed by atoms with Gasteiger partial charge in [0.15, 0.2) is 22.2 Å². The van der Waals surface area contributed by atoms with Crippen LogP contribution in [0.5, 0.6) is 11.5 Å². The first-order chi connectivity index (χ1) is 19.1. The molecule has 1 fully saturated rings. The molecule has 0 radical (unpaired) electrons. The number of esters is 1. The van der Waals surface area contributed by atoms with E-state index in [0.29, 0.717) is 18.6 Å².